The average Bonchev–Trinajstić information content (AvgIpc) is 3.59. The number of amides is 3. The van der Waals surface area contributed by atoms with Gasteiger partial charge in [0.2, 0.25) is 17.7 Å². The first kappa shape index (κ1) is 31.2. The van der Waals surface area contributed by atoms with Crippen LogP contribution < -0.4 is 20.3 Å². The highest BCUT2D eigenvalue weighted by atomic mass is 32.2. The van der Waals surface area contributed by atoms with Crippen LogP contribution in [-0.2, 0) is 14.4 Å². The third kappa shape index (κ3) is 5.71. The van der Waals surface area contributed by atoms with E-state index in [2.05, 4.69) is 36.3 Å². The van der Waals surface area contributed by atoms with Gasteiger partial charge in [0, 0.05) is 48.6 Å². The Balaban J connectivity index is 1.41. The maximum Gasteiger partial charge on any atom is 0.248 e. The third-order valence-corrected chi connectivity index (χ3v) is 11.4. The fraction of sp³-hybridized carbons (Fsp3) is 0.545. The number of aliphatic hydroxyl groups excluding tert-OH is 1. The van der Waals surface area contributed by atoms with E-state index in [1.807, 2.05) is 43.3 Å². The van der Waals surface area contributed by atoms with E-state index in [1.54, 1.807) is 28.8 Å². The fourth-order valence-corrected chi connectivity index (χ4v) is 9.76. The molecule has 43 heavy (non-hydrogen) atoms. The SMILES string of the molecule is CCOc1ccc(NC(=O)[C@@H]2[C@H]3C(=O)N(CCCCO)C(C(=O)Nc4ccc(N(CC)CC)cc4)C34S[C@@H]2CC4C)cc1. The number of hydrogen-bond donors (Lipinski definition) is 3. The van der Waals surface area contributed by atoms with Crippen LogP contribution in [0.2, 0.25) is 0 Å². The van der Waals surface area contributed by atoms with Crippen LogP contribution >= 0.6 is 11.8 Å². The van der Waals surface area contributed by atoms with Gasteiger partial charge in [0.25, 0.3) is 0 Å². The number of unbranched alkanes of at least 4 members (excludes halogenated alkanes) is 1. The molecule has 0 radical (unpaired) electrons. The van der Waals surface area contributed by atoms with Gasteiger partial charge >= 0.3 is 0 Å². The summed E-state index contributed by atoms with van der Waals surface area (Å²) in [6, 6.07) is 14.4. The number of rotatable bonds is 13. The van der Waals surface area contributed by atoms with E-state index in [9.17, 15) is 19.5 Å². The highest BCUT2D eigenvalue weighted by molar-refractivity contribution is 8.02. The molecule has 0 aromatic heterocycles. The van der Waals surface area contributed by atoms with Crippen molar-refractivity contribution in [1.82, 2.24) is 4.90 Å². The molecule has 6 atom stereocenters. The summed E-state index contributed by atoms with van der Waals surface area (Å²) in [6.07, 6.45) is 1.89. The summed E-state index contributed by atoms with van der Waals surface area (Å²) in [5, 5.41) is 15.5. The number of thioether (sulfide) groups is 1. The largest absolute Gasteiger partial charge is 0.494 e. The van der Waals surface area contributed by atoms with Gasteiger partial charge in [0.1, 0.15) is 11.8 Å². The standard InChI is InChI=1S/C33H44N4O5S/c1-5-36(6-2)24-14-10-22(11-15-24)35-31(40)29-33-21(4)20-26(43-33)27(28(33)32(41)37(29)18-8-9-19-38)30(39)34-23-12-16-25(17-13-23)42-7-3/h10-17,21,26-29,38H,5-9,18-20H2,1-4H3,(H,34,39)(H,35,40)/t21?,26-,27+,28+,29?,33?/m1/s1. The molecule has 1 spiro atoms. The summed E-state index contributed by atoms with van der Waals surface area (Å²) < 4.78 is 4.82. The number of nitrogens with one attached hydrogen (secondary N) is 2. The second kappa shape index (κ2) is 13.2. The molecule has 3 unspecified atom stereocenters. The maximum atomic E-state index is 14.2. The van der Waals surface area contributed by atoms with Crippen LogP contribution in [-0.4, -0.2) is 76.6 Å². The Hall–Kier alpha value is -3.24. The minimum atomic E-state index is -0.709. The third-order valence-electron chi connectivity index (χ3n) is 9.30. The monoisotopic (exact) mass is 608 g/mol. The number of benzene rings is 2. The minimum absolute atomic E-state index is 0.0205. The predicted octanol–water partition coefficient (Wildman–Crippen LogP) is 4.62. The van der Waals surface area contributed by atoms with E-state index >= 15 is 0 Å². The second-order valence-corrected chi connectivity index (χ2v) is 13.2. The lowest BCUT2D eigenvalue weighted by Gasteiger charge is -2.38. The van der Waals surface area contributed by atoms with Crippen molar-refractivity contribution in [2.45, 2.75) is 63.0 Å². The smallest absolute Gasteiger partial charge is 0.248 e. The summed E-state index contributed by atoms with van der Waals surface area (Å²) >= 11 is 1.66. The molecule has 2 bridgehead atoms. The molecule has 0 aliphatic carbocycles. The van der Waals surface area contributed by atoms with Crippen LogP contribution in [0.3, 0.4) is 0 Å². The Kier molecular flexibility index (Phi) is 9.56. The molecule has 3 saturated heterocycles. The molecule has 10 heteroatoms. The molecular formula is C33H44N4O5S. The lowest BCUT2D eigenvalue weighted by molar-refractivity contribution is -0.138. The van der Waals surface area contributed by atoms with Gasteiger partial charge in [-0.15, -0.1) is 11.8 Å². The Bertz CT molecular complexity index is 1300. The molecule has 2 aromatic rings. The first-order valence-corrected chi connectivity index (χ1v) is 16.5. The van der Waals surface area contributed by atoms with E-state index in [0.717, 1.165) is 30.9 Å². The van der Waals surface area contributed by atoms with E-state index in [4.69, 9.17) is 4.74 Å². The van der Waals surface area contributed by atoms with Crippen molar-refractivity contribution >= 4 is 46.5 Å². The number of nitrogens with zero attached hydrogens (tertiary/aromatic N) is 2. The average molecular weight is 609 g/mol. The van der Waals surface area contributed by atoms with Gasteiger partial charge in [-0.05, 0) is 94.5 Å². The molecular weight excluding hydrogens is 564 g/mol. The van der Waals surface area contributed by atoms with Crippen LogP contribution in [0.4, 0.5) is 17.1 Å². The summed E-state index contributed by atoms with van der Waals surface area (Å²) in [5.41, 5.74) is 2.41. The quantitative estimate of drug-likeness (QED) is 0.285. The fourth-order valence-electron chi connectivity index (χ4n) is 7.34. The topological polar surface area (TPSA) is 111 Å². The molecule has 3 amide bonds. The summed E-state index contributed by atoms with van der Waals surface area (Å²) in [7, 11) is 0. The number of anilines is 3. The number of hydrogen-bond acceptors (Lipinski definition) is 7. The molecule has 3 aliphatic heterocycles. The Labute approximate surface area is 258 Å². The van der Waals surface area contributed by atoms with E-state index in [0.29, 0.717) is 37.4 Å². The molecule has 2 aromatic carbocycles. The number of carbonyl (C=O) groups excluding carboxylic acids is 3. The van der Waals surface area contributed by atoms with E-state index in [1.165, 1.54) is 0 Å². The van der Waals surface area contributed by atoms with Gasteiger partial charge in [-0.1, -0.05) is 6.92 Å². The van der Waals surface area contributed by atoms with E-state index < -0.39 is 22.6 Å². The highest BCUT2D eigenvalue weighted by Gasteiger charge is 2.75. The van der Waals surface area contributed by atoms with Crippen molar-refractivity contribution in [3.05, 3.63) is 48.5 Å². The van der Waals surface area contributed by atoms with Crippen LogP contribution in [0.1, 0.15) is 47.0 Å². The molecule has 0 saturated carbocycles. The van der Waals surface area contributed by atoms with Crippen LogP contribution in [0.25, 0.3) is 0 Å². The van der Waals surface area contributed by atoms with Crippen molar-refractivity contribution in [1.29, 1.82) is 0 Å². The predicted molar refractivity (Wildman–Crippen MR) is 172 cm³/mol. The molecule has 3 fully saturated rings. The van der Waals surface area contributed by atoms with Crippen molar-refractivity contribution in [3.63, 3.8) is 0 Å². The highest BCUT2D eigenvalue weighted by Crippen LogP contribution is 2.68. The number of likely N-dealkylation sites (tertiary alicyclic amines) is 1. The lowest BCUT2D eigenvalue weighted by atomic mass is 9.66. The zero-order chi connectivity index (χ0) is 30.7. The van der Waals surface area contributed by atoms with Crippen molar-refractivity contribution in [2.24, 2.45) is 17.8 Å². The number of carbonyl (C=O) groups is 3. The van der Waals surface area contributed by atoms with Gasteiger partial charge < -0.3 is 30.3 Å². The van der Waals surface area contributed by atoms with Gasteiger partial charge in [-0.25, -0.2) is 0 Å². The van der Waals surface area contributed by atoms with Gasteiger partial charge in [-0.2, -0.15) is 0 Å². The van der Waals surface area contributed by atoms with Crippen LogP contribution in [0.5, 0.6) is 5.75 Å². The zero-order valence-corrected chi connectivity index (χ0v) is 26.4. The summed E-state index contributed by atoms with van der Waals surface area (Å²) in [5.74, 6) is -0.862. The maximum absolute atomic E-state index is 14.2. The summed E-state index contributed by atoms with van der Waals surface area (Å²) in [4.78, 5) is 46.1. The summed E-state index contributed by atoms with van der Waals surface area (Å²) in [6.45, 7) is 11.0. The minimum Gasteiger partial charge on any atom is -0.494 e. The molecule has 3 aliphatic rings. The normalized spacial score (nSPS) is 27.2. The molecule has 232 valence electrons. The Morgan fingerprint density at radius 3 is 2.23 bits per heavy atom. The molecule has 9 nitrogen and oxygen atoms in total. The molecule has 5 rings (SSSR count). The number of fused-ring (bicyclic) bond motifs is 1. The zero-order valence-electron chi connectivity index (χ0n) is 25.5. The Morgan fingerprint density at radius 2 is 1.63 bits per heavy atom. The van der Waals surface area contributed by atoms with Gasteiger partial charge in [0.15, 0.2) is 0 Å². The van der Waals surface area contributed by atoms with Gasteiger partial charge in [-0.3, -0.25) is 14.4 Å². The first-order valence-electron chi connectivity index (χ1n) is 15.6. The number of aliphatic hydroxyl groups is 1. The number of ether oxygens (including phenoxy) is 1. The van der Waals surface area contributed by atoms with Crippen molar-refractivity contribution < 1.29 is 24.2 Å². The van der Waals surface area contributed by atoms with E-state index in [-0.39, 0.29) is 35.5 Å². The van der Waals surface area contributed by atoms with Crippen molar-refractivity contribution in [3.8, 4) is 5.75 Å². The molecule has 3 N–H and O–H groups in total. The lowest BCUT2D eigenvalue weighted by Crippen LogP contribution is -2.54. The second-order valence-electron chi connectivity index (χ2n) is 11.7. The van der Waals surface area contributed by atoms with Gasteiger partial charge in [0.05, 0.1) is 23.2 Å². The molecule has 3 heterocycles. The van der Waals surface area contributed by atoms with Crippen molar-refractivity contribution in [2.75, 3.05) is 48.4 Å². The Morgan fingerprint density at radius 1 is 1.00 bits per heavy atom. The van der Waals surface area contributed by atoms with Crippen LogP contribution in [0.15, 0.2) is 48.5 Å². The first-order chi connectivity index (χ1) is 20.8. The van der Waals surface area contributed by atoms with Crippen LogP contribution in [0, 0.1) is 17.8 Å².